The fourth-order valence-electron chi connectivity index (χ4n) is 5.15. The highest BCUT2D eigenvalue weighted by atomic mass is 35.5. The standard InChI is InChI=1S/C23H23ClN6O3/c1-12(31)21-16-10-14(25)6-8-17(16)29(28-21)11-20(32)30-15-7-5-13(9-15)22(30)23(33)27-19-4-2-3-18(24)26-19/h2-4,6,8,10,13,15,22H,5,7,9,11,25H2,1H3,(H,26,27,33). The lowest BCUT2D eigenvalue weighted by Crippen LogP contribution is -2.52. The maximum absolute atomic E-state index is 13.5. The number of nitrogen functional groups attached to an aromatic ring is 1. The molecule has 1 saturated heterocycles. The van der Waals surface area contributed by atoms with E-state index in [1.54, 1.807) is 41.3 Å². The Morgan fingerprint density at radius 3 is 2.79 bits per heavy atom. The Morgan fingerprint density at radius 2 is 2.03 bits per heavy atom. The highest BCUT2D eigenvalue weighted by Gasteiger charge is 2.51. The molecule has 3 aromatic rings. The Hall–Kier alpha value is -3.46. The number of likely N-dealkylation sites (tertiary alicyclic amines) is 1. The number of fused-ring (bicyclic) bond motifs is 3. The summed E-state index contributed by atoms with van der Waals surface area (Å²) in [6.07, 6.45) is 2.56. The monoisotopic (exact) mass is 466 g/mol. The Labute approximate surface area is 194 Å². The van der Waals surface area contributed by atoms with Crippen molar-refractivity contribution in [3.05, 3.63) is 47.2 Å². The number of nitrogens with zero attached hydrogens (tertiary/aromatic N) is 4. The number of anilines is 2. The zero-order valence-corrected chi connectivity index (χ0v) is 18.7. The highest BCUT2D eigenvalue weighted by molar-refractivity contribution is 6.29. The van der Waals surface area contributed by atoms with E-state index in [0.717, 1.165) is 19.3 Å². The summed E-state index contributed by atoms with van der Waals surface area (Å²) in [5.74, 6) is -0.238. The molecule has 170 valence electrons. The number of ketones is 1. The van der Waals surface area contributed by atoms with Gasteiger partial charge < -0.3 is 16.0 Å². The average molecular weight is 467 g/mol. The van der Waals surface area contributed by atoms with Gasteiger partial charge in [0.2, 0.25) is 11.8 Å². The molecular formula is C23H23ClN6O3. The molecule has 1 saturated carbocycles. The minimum Gasteiger partial charge on any atom is -0.399 e. The van der Waals surface area contributed by atoms with E-state index in [0.29, 0.717) is 22.4 Å². The molecule has 0 radical (unpaired) electrons. The van der Waals surface area contributed by atoms with Gasteiger partial charge in [0.05, 0.1) is 5.52 Å². The number of hydrogen-bond donors (Lipinski definition) is 2. The molecule has 2 amide bonds. The number of halogens is 1. The van der Waals surface area contributed by atoms with Gasteiger partial charge >= 0.3 is 0 Å². The average Bonchev–Trinajstić information content (AvgIpc) is 3.46. The van der Waals surface area contributed by atoms with Gasteiger partial charge in [-0.25, -0.2) is 4.98 Å². The van der Waals surface area contributed by atoms with Crippen LogP contribution in [0, 0.1) is 5.92 Å². The molecular weight excluding hydrogens is 444 g/mol. The summed E-state index contributed by atoms with van der Waals surface area (Å²) in [7, 11) is 0. The lowest BCUT2D eigenvalue weighted by Gasteiger charge is -2.34. The zero-order chi connectivity index (χ0) is 23.3. The number of benzene rings is 1. The summed E-state index contributed by atoms with van der Waals surface area (Å²) in [4.78, 5) is 44.5. The van der Waals surface area contributed by atoms with E-state index in [1.165, 1.54) is 11.6 Å². The minimum atomic E-state index is -0.582. The van der Waals surface area contributed by atoms with Crippen LogP contribution in [0.25, 0.3) is 10.9 Å². The predicted octanol–water partition coefficient (Wildman–Crippen LogP) is 2.89. The van der Waals surface area contributed by atoms with Gasteiger partial charge in [-0.1, -0.05) is 17.7 Å². The number of nitrogens with two attached hydrogens (primary N) is 1. The lowest BCUT2D eigenvalue weighted by atomic mass is 9.97. The number of carbonyl (C=O) groups is 3. The van der Waals surface area contributed by atoms with Gasteiger partial charge in [0.15, 0.2) is 5.78 Å². The number of amides is 2. The molecule has 9 nitrogen and oxygen atoms in total. The Morgan fingerprint density at radius 1 is 1.21 bits per heavy atom. The summed E-state index contributed by atoms with van der Waals surface area (Å²) in [6.45, 7) is 1.36. The Bertz CT molecular complexity index is 1290. The maximum Gasteiger partial charge on any atom is 0.248 e. The van der Waals surface area contributed by atoms with Crippen LogP contribution in [0.5, 0.6) is 0 Å². The topological polar surface area (TPSA) is 123 Å². The van der Waals surface area contributed by atoms with Gasteiger partial charge in [-0.15, -0.1) is 0 Å². The second-order valence-corrected chi connectivity index (χ2v) is 9.03. The van der Waals surface area contributed by atoms with Gasteiger partial charge in [0, 0.05) is 24.0 Å². The third-order valence-corrected chi connectivity index (χ3v) is 6.71. The van der Waals surface area contributed by atoms with Gasteiger partial charge in [-0.3, -0.25) is 19.1 Å². The second kappa shape index (κ2) is 8.15. The van der Waals surface area contributed by atoms with Crippen molar-refractivity contribution in [3.8, 4) is 0 Å². The molecule has 1 aliphatic heterocycles. The molecule has 2 bridgehead atoms. The van der Waals surface area contributed by atoms with Crippen molar-refractivity contribution in [2.45, 2.75) is 44.8 Å². The third kappa shape index (κ3) is 3.82. The van der Waals surface area contributed by atoms with Crippen LogP contribution in [-0.4, -0.2) is 49.3 Å². The van der Waals surface area contributed by atoms with E-state index in [9.17, 15) is 14.4 Å². The molecule has 3 atom stereocenters. The van der Waals surface area contributed by atoms with Crippen molar-refractivity contribution in [1.29, 1.82) is 0 Å². The quantitative estimate of drug-likeness (QED) is 0.338. The van der Waals surface area contributed by atoms with Crippen LogP contribution in [0.4, 0.5) is 11.5 Å². The van der Waals surface area contributed by atoms with Crippen molar-refractivity contribution in [3.63, 3.8) is 0 Å². The number of pyridine rings is 1. The molecule has 0 spiro atoms. The summed E-state index contributed by atoms with van der Waals surface area (Å²) in [5, 5.41) is 8.08. The number of piperidine rings is 1. The Kier molecular flexibility index (Phi) is 5.28. The number of aromatic nitrogens is 3. The zero-order valence-electron chi connectivity index (χ0n) is 18.0. The van der Waals surface area contributed by atoms with Crippen molar-refractivity contribution in [2.75, 3.05) is 11.1 Å². The first-order valence-electron chi connectivity index (χ1n) is 10.8. The van der Waals surface area contributed by atoms with E-state index >= 15 is 0 Å². The van der Waals surface area contributed by atoms with E-state index in [-0.39, 0.29) is 46.9 Å². The van der Waals surface area contributed by atoms with Crippen LogP contribution in [0.15, 0.2) is 36.4 Å². The second-order valence-electron chi connectivity index (χ2n) is 8.65. The van der Waals surface area contributed by atoms with Crippen LogP contribution in [0.3, 0.4) is 0 Å². The van der Waals surface area contributed by atoms with E-state index in [4.69, 9.17) is 17.3 Å². The first kappa shape index (κ1) is 21.4. The maximum atomic E-state index is 13.5. The van der Waals surface area contributed by atoms with Crippen molar-refractivity contribution in [2.24, 2.45) is 5.92 Å². The largest absolute Gasteiger partial charge is 0.399 e. The molecule has 10 heteroatoms. The van der Waals surface area contributed by atoms with Crippen LogP contribution in [0.2, 0.25) is 5.15 Å². The third-order valence-electron chi connectivity index (χ3n) is 6.50. The van der Waals surface area contributed by atoms with Crippen LogP contribution >= 0.6 is 11.6 Å². The molecule has 2 aliphatic rings. The number of nitrogens with one attached hydrogen (secondary N) is 1. The fourth-order valence-corrected chi connectivity index (χ4v) is 5.31. The van der Waals surface area contributed by atoms with Crippen LogP contribution in [0.1, 0.15) is 36.7 Å². The normalized spacial score (nSPS) is 21.5. The molecule has 5 rings (SSSR count). The molecule has 1 aliphatic carbocycles. The number of carbonyl (C=O) groups excluding carboxylic acids is 3. The predicted molar refractivity (Wildman–Crippen MR) is 124 cm³/mol. The molecule has 33 heavy (non-hydrogen) atoms. The SMILES string of the molecule is CC(=O)c1nn(CC(=O)N2C3CCC(C3)C2C(=O)Nc2cccc(Cl)n2)c2ccc(N)cc12. The fraction of sp³-hybridized carbons (Fsp3) is 0.348. The van der Waals surface area contributed by atoms with Crippen LogP contribution < -0.4 is 11.1 Å². The summed E-state index contributed by atoms with van der Waals surface area (Å²) in [5.41, 5.74) is 7.32. The summed E-state index contributed by atoms with van der Waals surface area (Å²) >= 11 is 5.93. The minimum absolute atomic E-state index is 0.00955. The van der Waals surface area contributed by atoms with Gasteiger partial charge in [-0.05, 0) is 55.5 Å². The molecule has 3 heterocycles. The molecule has 2 fully saturated rings. The first-order chi connectivity index (χ1) is 15.8. The Balaban J connectivity index is 1.42. The van der Waals surface area contributed by atoms with Gasteiger partial charge in [-0.2, -0.15) is 5.10 Å². The van der Waals surface area contributed by atoms with E-state index in [2.05, 4.69) is 15.4 Å². The molecule has 1 aromatic carbocycles. The lowest BCUT2D eigenvalue weighted by molar-refractivity contribution is -0.141. The first-order valence-corrected chi connectivity index (χ1v) is 11.2. The van der Waals surface area contributed by atoms with Gasteiger partial charge in [0.1, 0.15) is 29.3 Å². The van der Waals surface area contributed by atoms with E-state index in [1.807, 2.05) is 0 Å². The van der Waals surface area contributed by atoms with E-state index < -0.39 is 6.04 Å². The van der Waals surface area contributed by atoms with Gasteiger partial charge in [0.25, 0.3) is 0 Å². The molecule has 3 unspecified atom stereocenters. The number of Topliss-reactive ketones (excluding diaryl/α,β-unsaturated/α-hetero) is 1. The van der Waals surface area contributed by atoms with Crippen molar-refractivity contribution < 1.29 is 14.4 Å². The number of rotatable bonds is 5. The van der Waals surface area contributed by atoms with Crippen LogP contribution in [-0.2, 0) is 16.1 Å². The summed E-state index contributed by atoms with van der Waals surface area (Å²) < 4.78 is 1.52. The van der Waals surface area contributed by atoms with Crippen molar-refractivity contribution in [1.82, 2.24) is 19.7 Å². The smallest absolute Gasteiger partial charge is 0.248 e. The highest BCUT2D eigenvalue weighted by Crippen LogP contribution is 2.43. The summed E-state index contributed by atoms with van der Waals surface area (Å²) in [6, 6.07) is 9.57. The molecule has 2 aromatic heterocycles. The van der Waals surface area contributed by atoms with Crippen molar-refractivity contribution >= 4 is 51.6 Å². The number of hydrogen-bond acceptors (Lipinski definition) is 6. The molecule has 3 N–H and O–H groups in total.